The molecule has 0 unspecified atom stereocenters. The van der Waals surface area contributed by atoms with Gasteiger partial charge in [-0.25, -0.2) is 0 Å². The van der Waals surface area contributed by atoms with Crippen molar-refractivity contribution in [2.75, 3.05) is 0 Å². The van der Waals surface area contributed by atoms with Crippen molar-refractivity contribution < 1.29 is 4.79 Å². The zero-order valence-corrected chi connectivity index (χ0v) is 13.5. The fourth-order valence-corrected chi connectivity index (χ4v) is 3.21. The van der Waals surface area contributed by atoms with Gasteiger partial charge in [-0.05, 0) is 34.5 Å². The normalized spacial score (nSPS) is 10.8. The first kappa shape index (κ1) is 14.3. The van der Waals surface area contributed by atoms with E-state index >= 15 is 0 Å². The summed E-state index contributed by atoms with van der Waals surface area (Å²) in [5.74, 6) is 0.0313. The van der Waals surface area contributed by atoms with Gasteiger partial charge in [-0.2, -0.15) is 0 Å². The van der Waals surface area contributed by atoms with Gasteiger partial charge in [-0.15, -0.1) is 0 Å². The first-order chi connectivity index (χ1) is 10.1. The Kier molecular flexibility index (Phi) is 4.09. The third-order valence-electron chi connectivity index (χ3n) is 3.46. The van der Waals surface area contributed by atoms with Gasteiger partial charge in [0, 0.05) is 16.5 Å². The molecule has 0 saturated heterocycles. The topological polar surface area (TPSA) is 17.1 Å². The van der Waals surface area contributed by atoms with E-state index in [1.165, 1.54) is 0 Å². The average molecular weight is 360 g/mol. The van der Waals surface area contributed by atoms with Crippen LogP contribution in [0.4, 0.5) is 0 Å². The van der Waals surface area contributed by atoms with Crippen molar-refractivity contribution in [2.24, 2.45) is 0 Å². The number of carbonyl (C=O) groups excluding carboxylic acids is 1. The Morgan fingerprint density at radius 1 is 1.00 bits per heavy atom. The molecule has 3 aromatic carbocycles. The third-order valence-corrected chi connectivity index (χ3v) is 4.27. The summed E-state index contributed by atoms with van der Waals surface area (Å²) in [6.45, 7) is 0. The van der Waals surface area contributed by atoms with E-state index in [1.54, 1.807) is 12.1 Å². The van der Waals surface area contributed by atoms with Crippen LogP contribution in [0.1, 0.15) is 15.9 Å². The van der Waals surface area contributed by atoms with Crippen LogP contribution in [-0.4, -0.2) is 5.78 Å². The molecule has 1 nitrogen and oxygen atoms in total. The molecule has 0 spiro atoms. The van der Waals surface area contributed by atoms with Crippen molar-refractivity contribution in [1.29, 1.82) is 0 Å². The van der Waals surface area contributed by atoms with Crippen LogP contribution in [0.2, 0.25) is 5.02 Å². The van der Waals surface area contributed by atoms with Crippen molar-refractivity contribution >= 4 is 44.1 Å². The molecule has 0 fully saturated rings. The highest BCUT2D eigenvalue weighted by Gasteiger charge is 2.12. The maximum Gasteiger partial charge on any atom is 0.168 e. The summed E-state index contributed by atoms with van der Waals surface area (Å²) in [6.07, 6.45) is 0.350. The van der Waals surface area contributed by atoms with Crippen LogP contribution in [0.15, 0.2) is 65.1 Å². The number of rotatable bonds is 3. The molecule has 0 atom stereocenters. The molecule has 0 radical (unpaired) electrons. The molecule has 0 saturated carbocycles. The fraction of sp³-hybridized carbons (Fsp3) is 0.0556. The zero-order chi connectivity index (χ0) is 14.8. The molecule has 21 heavy (non-hydrogen) atoms. The predicted molar refractivity (Wildman–Crippen MR) is 91.1 cm³/mol. The highest BCUT2D eigenvalue weighted by atomic mass is 79.9. The van der Waals surface area contributed by atoms with Gasteiger partial charge < -0.3 is 0 Å². The lowest BCUT2D eigenvalue weighted by Gasteiger charge is -2.07. The summed E-state index contributed by atoms with van der Waals surface area (Å²) in [7, 11) is 0. The summed E-state index contributed by atoms with van der Waals surface area (Å²) in [4.78, 5) is 12.5. The van der Waals surface area contributed by atoms with E-state index in [4.69, 9.17) is 11.6 Å². The Hall–Kier alpha value is -1.64. The summed E-state index contributed by atoms with van der Waals surface area (Å²) in [5, 5.41) is 2.74. The highest BCUT2D eigenvalue weighted by Crippen LogP contribution is 2.25. The Morgan fingerprint density at radius 2 is 1.76 bits per heavy atom. The molecule has 3 rings (SSSR count). The van der Waals surface area contributed by atoms with Gasteiger partial charge in [-0.1, -0.05) is 70.0 Å². The number of halogens is 2. The quantitative estimate of drug-likeness (QED) is 0.550. The molecule has 0 N–H and O–H groups in total. The van der Waals surface area contributed by atoms with E-state index in [0.29, 0.717) is 17.0 Å². The van der Waals surface area contributed by atoms with Crippen molar-refractivity contribution in [1.82, 2.24) is 0 Å². The lowest BCUT2D eigenvalue weighted by Crippen LogP contribution is -2.04. The molecule has 104 valence electrons. The lowest BCUT2D eigenvalue weighted by molar-refractivity contribution is 0.0993. The van der Waals surface area contributed by atoms with Crippen LogP contribution >= 0.6 is 27.5 Å². The molecule has 0 aliphatic carbocycles. The number of Topliss-reactive ketones (excluding diaryl/α,β-unsaturated/α-hetero) is 1. The van der Waals surface area contributed by atoms with E-state index in [2.05, 4.69) is 28.1 Å². The molecule has 0 aliphatic heterocycles. The highest BCUT2D eigenvalue weighted by molar-refractivity contribution is 9.10. The molecular weight excluding hydrogens is 348 g/mol. The minimum absolute atomic E-state index is 0.0313. The van der Waals surface area contributed by atoms with Crippen LogP contribution in [0.5, 0.6) is 0 Å². The second kappa shape index (κ2) is 6.00. The van der Waals surface area contributed by atoms with Gasteiger partial charge in [0.15, 0.2) is 5.78 Å². The Bertz CT molecular complexity index is 821. The lowest BCUT2D eigenvalue weighted by atomic mass is 9.98. The number of benzene rings is 3. The number of ketones is 1. The Labute approximate surface area is 136 Å². The number of fused-ring (bicyclic) bond motifs is 1. The van der Waals surface area contributed by atoms with Gasteiger partial charge in [0.1, 0.15) is 0 Å². The predicted octanol–water partition coefficient (Wildman–Crippen LogP) is 5.68. The van der Waals surface area contributed by atoms with Gasteiger partial charge in [-0.3, -0.25) is 4.79 Å². The second-order valence-electron chi connectivity index (χ2n) is 4.86. The zero-order valence-electron chi connectivity index (χ0n) is 11.1. The molecule has 3 heteroatoms. The number of carbonyl (C=O) groups is 1. The first-order valence-corrected chi connectivity index (χ1v) is 7.77. The van der Waals surface area contributed by atoms with Gasteiger partial charge in [0.05, 0.1) is 5.02 Å². The van der Waals surface area contributed by atoms with Crippen LogP contribution < -0.4 is 0 Å². The minimum atomic E-state index is 0.0313. The van der Waals surface area contributed by atoms with E-state index < -0.39 is 0 Å². The smallest absolute Gasteiger partial charge is 0.168 e. The SMILES string of the molecule is O=C(Cc1cccc2ccccc12)c1ccc(Br)cc1Cl. The molecule has 0 aliphatic rings. The largest absolute Gasteiger partial charge is 0.294 e. The van der Waals surface area contributed by atoms with Crippen LogP contribution in [0, 0.1) is 0 Å². The molecule has 3 aromatic rings. The maximum absolute atomic E-state index is 12.5. The Morgan fingerprint density at radius 3 is 2.57 bits per heavy atom. The Balaban J connectivity index is 1.97. The molecular formula is C18H12BrClO. The molecule has 0 aromatic heterocycles. The van der Waals surface area contributed by atoms with Gasteiger partial charge in [0.2, 0.25) is 0 Å². The summed E-state index contributed by atoms with van der Waals surface area (Å²) in [5.41, 5.74) is 1.59. The van der Waals surface area contributed by atoms with Crippen molar-refractivity contribution in [3.05, 3.63) is 81.3 Å². The molecule has 0 bridgehead atoms. The molecule has 0 amide bonds. The summed E-state index contributed by atoms with van der Waals surface area (Å²) >= 11 is 9.51. The first-order valence-electron chi connectivity index (χ1n) is 6.60. The maximum atomic E-state index is 12.5. The number of hydrogen-bond donors (Lipinski definition) is 0. The second-order valence-corrected chi connectivity index (χ2v) is 6.19. The summed E-state index contributed by atoms with van der Waals surface area (Å²) in [6, 6.07) is 19.5. The van der Waals surface area contributed by atoms with Crippen molar-refractivity contribution in [3.63, 3.8) is 0 Å². The van der Waals surface area contributed by atoms with Crippen LogP contribution in [0.25, 0.3) is 10.8 Å². The van der Waals surface area contributed by atoms with E-state index in [1.807, 2.05) is 36.4 Å². The van der Waals surface area contributed by atoms with Crippen molar-refractivity contribution in [3.8, 4) is 0 Å². The van der Waals surface area contributed by atoms with E-state index in [9.17, 15) is 4.79 Å². The van der Waals surface area contributed by atoms with Crippen LogP contribution in [0.3, 0.4) is 0 Å². The summed E-state index contributed by atoms with van der Waals surface area (Å²) < 4.78 is 0.870. The van der Waals surface area contributed by atoms with E-state index in [0.717, 1.165) is 20.8 Å². The standard InChI is InChI=1S/C18H12BrClO/c19-14-8-9-16(17(20)11-14)18(21)10-13-6-3-5-12-4-1-2-7-15(12)13/h1-9,11H,10H2. The van der Waals surface area contributed by atoms with E-state index in [-0.39, 0.29) is 5.78 Å². The van der Waals surface area contributed by atoms with Gasteiger partial charge >= 0.3 is 0 Å². The fourth-order valence-electron chi connectivity index (χ4n) is 2.43. The number of hydrogen-bond acceptors (Lipinski definition) is 1. The average Bonchev–Trinajstić information content (AvgIpc) is 2.47. The monoisotopic (exact) mass is 358 g/mol. The van der Waals surface area contributed by atoms with Crippen LogP contribution in [-0.2, 0) is 6.42 Å². The van der Waals surface area contributed by atoms with Gasteiger partial charge in [0.25, 0.3) is 0 Å². The minimum Gasteiger partial charge on any atom is -0.294 e. The van der Waals surface area contributed by atoms with Crippen molar-refractivity contribution in [2.45, 2.75) is 6.42 Å². The molecule has 0 heterocycles. The third kappa shape index (κ3) is 3.02.